The summed E-state index contributed by atoms with van der Waals surface area (Å²) < 4.78 is 6.73. The normalized spacial score (nSPS) is 11.2. The lowest BCUT2D eigenvalue weighted by Crippen LogP contribution is -2.36. The Hall–Kier alpha value is -2.44. The third kappa shape index (κ3) is 4.34. The van der Waals surface area contributed by atoms with Crippen molar-refractivity contribution < 1.29 is 9.53 Å². The van der Waals surface area contributed by atoms with Gasteiger partial charge < -0.3 is 9.64 Å². The largest absolute Gasteiger partial charge is 0.492 e. The lowest BCUT2D eigenvalue weighted by molar-refractivity contribution is 0.0985. The average Bonchev–Trinajstić information content (AvgIpc) is 3.09. The molecule has 0 N–H and O–H groups in total. The summed E-state index contributed by atoms with van der Waals surface area (Å²) in [5.74, 6) is 0.732. The standard InChI is InChI=1S/C22H27N3O2S/c1-6-27-18-8-7-9-19-20(18)23-22(28-19)25(13-12-24(4)5)21(26)17-11-10-15(2)16(3)14-17/h7-11,14H,6,12-13H2,1-5H3. The van der Waals surface area contributed by atoms with E-state index in [4.69, 9.17) is 9.72 Å². The van der Waals surface area contributed by atoms with Crippen LogP contribution in [0.15, 0.2) is 36.4 Å². The van der Waals surface area contributed by atoms with Crippen molar-refractivity contribution in [1.29, 1.82) is 0 Å². The van der Waals surface area contributed by atoms with E-state index < -0.39 is 0 Å². The summed E-state index contributed by atoms with van der Waals surface area (Å²) in [5.41, 5.74) is 3.79. The first-order chi connectivity index (χ1) is 13.4. The van der Waals surface area contributed by atoms with Crippen molar-refractivity contribution in [2.75, 3.05) is 38.7 Å². The monoisotopic (exact) mass is 397 g/mol. The number of likely N-dealkylation sites (N-methyl/N-ethyl adjacent to an activating group) is 1. The zero-order valence-corrected chi connectivity index (χ0v) is 18.0. The zero-order valence-electron chi connectivity index (χ0n) is 17.2. The van der Waals surface area contributed by atoms with Gasteiger partial charge in [-0.15, -0.1) is 0 Å². The van der Waals surface area contributed by atoms with Gasteiger partial charge in [0.1, 0.15) is 11.3 Å². The second-order valence-electron chi connectivity index (χ2n) is 7.09. The van der Waals surface area contributed by atoms with Gasteiger partial charge in [0.05, 0.1) is 11.3 Å². The van der Waals surface area contributed by atoms with Gasteiger partial charge in [-0.1, -0.05) is 23.5 Å². The Balaban J connectivity index is 2.01. The first-order valence-electron chi connectivity index (χ1n) is 9.47. The van der Waals surface area contributed by atoms with Crippen LogP contribution in [0, 0.1) is 13.8 Å². The molecule has 6 heteroatoms. The molecule has 0 saturated heterocycles. The topological polar surface area (TPSA) is 45.7 Å². The summed E-state index contributed by atoms with van der Waals surface area (Å²) in [6.07, 6.45) is 0. The molecule has 1 aromatic heterocycles. The van der Waals surface area contributed by atoms with Crippen molar-refractivity contribution in [3.05, 3.63) is 53.1 Å². The van der Waals surface area contributed by atoms with Crippen molar-refractivity contribution >= 4 is 32.6 Å². The van der Waals surface area contributed by atoms with Crippen LogP contribution < -0.4 is 9.64 Å². The van der Waals surface area contributed by atoms with Gasteiger partial charge in [0, 0.05) is 18.7 Å². The number of carbonyl (C=O) groups is 1. The quantitative estimate of drug-likeness (QED) is 0.588. The SMILES string of the molecule is CCOc1cccc2sc(N(CCN(C)C)C(=O)c3ccc(C)c(C)c3)nc12. The van der Waals surface area contributed by atoms with Crippen LogP contribution in [0.1, 0.15) is 28.4 Å². The number of fused-ring (bicyclic) bond motifs is 1. The first kappa shape index (κ1) is 20.3. The maximum atomic E-state index is 13.4. The molecule has 0 aliphatic heterocycles. The van der Waals surface area contributed by atoms with E-state index in [2.05, 4.69) is 11.8 Å². The molecule has 148 valence electrons. The number of thiazole rings is 1. The molecule has 1 amide bonds. The maximum Gasteiger partial charge on any atom is 0.260 e. The minimum atomic E-state index is -0.0260. The Labute approximate surface area is 170 Å². The Kier molecular flexibility index (Phi) is 6.31. The summed E-state index contributed by atoms with van der Waals surface area (Å²) in [6, 6.07) is 11.8. The molecule has 0 radical (unpaired) electrons. The smallest absolute Gasteiger partial charge is 0.260 e. The van der Waals surface area contributed by atoms with E-state index in [0.717, 1.165) is 28.1 Å². The van der Waals surface area contributed by atoms with Gasteiger partial charge in [-0.25, -0.2) is 4.98 Å². The molecule has 5 nitrogen and oxygen atoms in total. The van der Waals surface area contributed by atoms with Crippen LogP contribution >= 0.6 is 11.3 Å². The number of para-hydroxylation sites is 1. The van der Waals surface area contributed by atoms with Gasteiger partial charge in [0.2, 0.25) is 0 Å². The van der Waals surface area contributed by atoms with E-state index in [1.807, 2.05) is 64.3 Å². The Morgan fingerprint density at radius 2 is 1.89 bits per heavy atom. The van der Waals surface area contributed by atoms with Crippen LogP contribution in [0.4, 0.5) is 5.13 Å². The van der Waals surface area contributed by atoms with Crippen LogP contribution in [-0.2, 0) is 0 Å². The molecule has 0 aliphatic carbocycles. The number of anilines is 1. The van der Waals surface area contributed by atoms with Crippen LogP contribution in [0.25, 0.3) is 10.2 Å². The van der Waals surface area contributed by atoms with Crippen molar-refractivity contribution in [3.63, 3.8) is 0 Å². The average molecular weight is 398 g/mol. The molecule has 3 rings (SSSR count). The fourth-order valence-corrected chi connectivity index (χ4v) is 3.92. The molecule has 0 aliphatic rings. The van der Waals surface area contributed by atoms with E-state index in [1.54, 1.807) is 4.90 Å². The third-order valence-electron chi connectivity index (χ3n) is 4.67. The van der Waals surface area contributed by atoms with Gasteiger partial charge >= 0.3 is 0 Å². The number of nitrogens with zero attached hydrogens (tertiary/aromatic N) is 3. The Bertz CT molecular complexity index is 981. The molecule has 0 saturated carbocycles. The molecule has 3 aromatic rings. The fourth-order valence-electron chi connectivity index (χ4n) is 2.91. The number of benzene rings is 2. The van der Waals surface area contributed by atoms with E-state index in [0.29, 0.717) is 23.8 Å². The third-order valence-corrected chi connectivity index (χ3v) is 5.71. The molecule has 0 fully saturated rings. The number of aromatic nitrogens is 1. The number of rotatable bonds is 7. The van der Waals surface area contributed by atoms with Crippen molar-refractivity contribution in [1.82, 2.24) is 9.88 Å². The molecule has 0 bridgehead atoms. The molecule has 1 heterocycles. The number of amides is 1. The predicted octanol–water partition coefficient (Wildman–Crippen LogP) is 4.52. The highest BCUT2D eigenvalue weighted by Crippen LogP contribution is 2.34. The number of ether oxygens (including phenoxy) is 1. The van der Waals surface area contributed by atoms with Gasteiger partial charge in [-0.2, -0.15) is 0 Å². The van der Waals surface area contributed by atoms with Gasteiger partial charge in [-0.05, 0) is 70.3 Å². The highest BCUT2D eigenvalue weighted by Gasteiger charge is 2.22. The van der Waals surface area contributed by atoms with Crippen LogP contribution in [0.3, 0.4) is 0 Å². The maximum absolute atomic E-state index is 13.4. The van der Waals surface area contributed by atoms with Crippen molar-refractivity contribution in [3.8, 4) is 5.75 Å². The Morgan fingerprint density at radius 1 is 1.11 bits per heavy atom. The summed E-state index contributed by atoms with van der Waals surface area (Å²) >= 11 is 1.52. The minimum absolute atomic E-state index is 0.0260. The van der Waals surface area contributed by atoms with Crippen LogP contribution in [0.2, 0.25) is 0 Å². The highest BCUT2D eigenvalue weighted by atomic mass is 32.1. The number of hydrogen-bond donors (Lipinski definition) is 0. The fraction of sp³-hybridized carbons (Fsp3) is 0.364. The first-order valence-corrected chi connectivity index (χ1v) is 10.3. The number of carbonyl (C=O) groups excluding carboxylic acids is 1. The zero-order chi connectivity index (χ0) is 20.3. The molecule has 0 spiro atoms. The van der Waals surface area contributed by atoms with Gasteiger partial charge in [-0.3, -0.25) is 9.69 Å². The van der Waals surface area contributed by atoms with E-state index in [-0.39, 0.29) is 5.91 Å². The van der Waals surface area contributed by atoms with Crippen molar-refractivity contribution in [2.24, 2.45) is 0 Å². The highest BCUT2D eigenvalue weighted by molar-refractivity contribution is 7.22. The summed E-state index contributed by atoms with van der Waals surface area (Å²) in [7, 11) is 4.01. The van der Waals surface area contributed by atoms with E-state index in [9.17, 15) is 4.79 Å². The lowest BCUT2D eigenvalue weighted by atomic mass is 10.1. The number of aryl methyl sites for hydroxylation is 2. The molecular weight excluding hydrogens is 370 g/mol. The van der Waals surface area contributed by atoms with Crippen LogP contribution in [-0.4, -0.2) is 49.6 Å². The van der Waals surface area contributed by atoms with Gasteiger partial charge in [0.25, 0.3) is 5.91 Å². The number of hydrogen-bond acceptors (Lipinski definition) is 5. The molecule has 0 unspecified atom stereocenters. The second-order valence-corrected chi connectivity index (χ2v) is 8.10. The molecule has 0 atom stereocenters. The minimum Gasteiger partial charge on any atom is -0.492 e. The van der Waals surface area contributed by atoms with E-state index in [1.165, 1.54) is 16.9 Å². The summed E-state index contributed by atoms with van der Waals surface area (Å²) in [4.78, 5) is 22.0. The lowest BCUT2D eigenvalue weighted by Gasteiger charge is -2.22. The molecule has 28 heavy (non-hydrogen) atoms. The molecule has 2 aromatic carbocycles. The Morgan fingerprint density at radius 3 is 2.57 bits per heavy atom. The summed E-state index contributed by atoms with van der Waals surface area (Å²) in [5, 5.41) is 0.701. The summed E-state index contributed by atoms with van der Waals surface area (Å²) in [6.45, 7) is 7.95. The van der Waals surface area contributed by atoms with Gasteiger partial charge in [0.15, 0.2) is 5.13 Å². The molecular formula is C22H27N3O2S. The van der Waals surface area contributed by atoms with Crippen LogP contribution in [0.5, 0.6) is 5.75 Å². The predicted molar refractivity (Wildman–Crippen MR) is 117 cm³/mol. The van der Waals surface area contributed by atoms with Crippen molar-refractivity contribution in [2.45, 2.75) is 20.8 Å². The van der Waals surface area contributed by atoms with E-state index >= 15 is 0 Å². The second kappa shape index (κ2) is 8.71.